The van der Waals surface area contributed by atoms with E-state index in [0.717, 1.165) is 42.7 Å². The van der Waals surface area contributed by atoms with Gasteiger partial charge in [-0.1, -0.05) is 224 Å². The Kier molecular flexibility index (Phi) is 13.8. The molecule has 0 saturated heterocycles. The molecule has 1 aromatic heterocycles. The molecule has 0 bridgehead atoms. The van der Waals surface area contributed by atoms with E-state index in [1.807, 2.05) is 11.3 Å². The Labute approximate surface area is 574 Å². The predicted octanol–water partition coefficient (Wildman–Crippen LogP) is 23.8. The van der Waals surface area contributed by atoms with E-state index in [0.29, 0.717) is 0 Å². The first-order chi connectivity index (χ1) is 44.3. The highest BCUT2D eigenvalue weighted by Gasteiger charge is 2.50. The number of hydrogen-bond acceptors (Lipinski definition) is 4. The molecule has 95 heavy (non-hydrogen) atoms. The number of nitrogens with zero attached hydrogens (tertiary/aromatic N) is 3. The fourth-order valence-corrected chi connectivity index (χ4v) is 19.0. The third-order valence-electron chi connectivity index (χ3n) is 24.3. The van der Waals surface area contributed by atoms with Gasteiger partial charge in [0.1, 0.15) is 0 Å². The summed E-state index contributed by atoms with van der Waals surface area (Å²) in [7, 11) is 0. The van der Waals surface area contributed by atoms with Crippen molar-refractivity contribution >= 4 is 106 Å². The average Bonchev–Trinajstić information content (AvgIpc) is 1.22. The monoisotopic (exact) mass is 1270 g/mol. The SMILES string of the molecule is Cc1cc2c(cc1N1c3cc4c(cc3B3c5cc6c(cc5N(c5cc7c(cc5C)C(C)(C)CCC7(C)C)c5cc(N(c7ccc(C(C)(C)C)cc7)c7ccc(C(C)(C)C)cc7)cc1c53)sc1ccc(C(C)(C)C)cc16)C(C)(C)c1ccccc1C4(C)C)C(C)(C)CCC2(C)C. The van der Waals surface area contributed by atoms with E-state index in [4.69, 9.17) is 0 Å². The lowest BCUT2D eigenvalue weighted by atomic mass is 9.33. The normalized spacial score (nSPS) is 18.3. The molecule has 5 heteroatoms. The van der Waals surface area contributed by atoms with Gasteiger partial charge in [-0.2, -0.15) is 0 Å². The molecule has 10 aromatic rings. The van der Waals surface area contributed by atoms with Crippen molar-refractivity contribution < 1.29 is 0 Å². The van der Waals surface area contributed by atoms with E-state index >= 15 is 0 Å². The molecule has 3 nitrogen and oxygen atoms in total. The minimum Gasteiger partial charge on any atom is -0.311 e. The van der Waals surface area contributed by atoms with Gasteiger partial charge in [0.15, 0.2) is 0 Å². The molecule has 15 rings (SSSR count). The van der Waals surface area contributed by atoms with E-state index in [9.17, 15) is 0 Å². The van der Waals surface area contributed by atoms with E-state index in [1.54, 1.807) is 0 Å². The standard InChI is InChI=1S/C90H102BN3S/c1-53-42-65-67(87(16,17)40-38-85(65,12)13)49-73(53)93-75-51-70-69(89(20,21)63-26-24-25-27-64(63)90(70,22)23)48-72(75)91-71-47-62-61-44-57(84(9,10)11)32-37-79(61)95-80(62)52-76(71)94(74-50-68-66(43-54(74)2)86(14,15)39-41-88(68,18)19)78-46-60(45-77(93)81(78)91)92(58-33-28-55(29-34-58)82(3,4)5)59-35-30-56(31-36-59)83(6,7)8/h24-37,42-52H,38-41H2,1-23H3. The summed E-state index contributed by atoms with van der Waals surface area (Å²) in [4.78, 5) is 8.17. The smallest absolute Gasteiger partial charge is 0.252 e. The number of aryl methyl sites for hydroxylation is 2. The summed E-state index contributed by atoms with van der Waals surface area (Å²) < 4.78 is 2.66. The third kappa shape index (κ3) is 9.73. The average molecular weight is 1270 g/mol. The number of thiophene rings is 1. The molecule has 486 valence electrons. The lowest BCUT2D eigenvalue weighted by Gasteiger charge is -2.49. The predicted molar refractivity (Wildman–Crippen MR) is 415 cm³/mol. The van der Waals surface area contributed by atoms with Crippen LogP contribution in [-0.4, -0.2) is 6.71 Å². The Morgan fingerprint density at radius 3 is 1.17 bits per heavy atom. The zero-order valence-corrected chi connectivity index (χ0v) is 62.4. The van der Waals surface area contributed by atoms with Crippen molar-refractivity contribution in [1.82, 2.24) is 0 Å². The Morgan fingerprint density at radius 2 is 0.726 bits per heavy atom. The first kappa shape index (κ1) is 63.7. The lowest BCUT2D eigenvalue weighted by molar-refractivity contribution is 0.332. The highest BCUT2D eigenvalue weighted by atomic mass is 32.1. The van der Waals surface area contributed by atoms with Crippen LogP contribution in [0.1, 0.15) is 243 Å². The Morgan fingerprint density at radius 1 is 0.347 bits per heavy atom. The van der Waals surface area contributed by atoms with Gasteiger partial charge in [-0.15, -0.1) is 11.3 Å². The Bertz CT molecular complexity index is 4810. The van der Waals surface area contributed by atoms with Gasteiger partial charge in [-0.3, -0.25) is 0 Å². The van der Waals surface area contributed by atoms with Gasteiger partial charge >= 0.3 is 0 Å². The molecular formula is C90H102BN3S. The summed E-state index contributed by atoms with van der Waals surface area (Å²) in [6.45, 7) is 55.7. The molecule has 3 heterocycles. The molecule has 3 aliphatic carbocycles. The summed E-state index contributed by atoms with van der Waals surface area (Å²) >= 11 is 1.96. The van der Waals surface area contributed by atoms with Gasteiger partial charge < -0.3 is 14.7 Å². The second kappa shape index (κ2) is 20.6. The molecule has 9 aromatic carbocycles. The molecular weight excluding hydrogens is 1170 g/mol. The first-order valence-electron chi connectivity index (χ1n) is 35.7. The van der Waals surface area contributed by atoms with E-state index in [2.05, 4.69) is 326 Å². The van der Waals surface area contributed by atoms with Gasteiger partial charge in [0.25, 0.3) is 6.71 Å². The first-order valence-corrected chi connectivity index (χ1v) is 36.5. The van der Waals surface area contributed by atoms with Crippen LogP contribution in [0.25, 0.3) is 20.2 Å². The molecule has 0 N–H and O–H groups in total. The van der Waals surface area contributed by atoms with E-state index < -0.39 is 0 Å². The van der Waals surface area contributed by atoms with Crippen LogP contribution in [0.15, 0.2) is 152 Å². The fraction of sp³-hybridized carbons (Fsp3) is 0.400. The third-order valence-corrected chi connectivity index (χ3v) is 25.5. The number of anilines is 9. The second-order valence-corrected chi connectivity index (χ2v) is 37.6. The topological polar surface area (TPSA) is 9.72 Å². The van der Waals surface area contributed by atoms with Crippen molar-refractivity contribution in [2.24, 2.45) is 0 Å². The van der Waals surface area contributed by atoms with Crippen LogP contribution in [-0.2, 0) is 48.7 Å². The van der Waals surface area contributed by atoms with Crippen LogP contribution in [0.2, 0.25) is 0 Å². The molecule has 0 radical (unpaired) electrons. The van der Waals surface area contributed by atoms with Crippen molar-refractivity contribution in [3.63, 3.8) is 0 Å². The molecule has 5 aliphatic rings. The van der Waals surface area contributed by atoms with Crippen molar-refractivity contribution in [1.29, 1.82) is 0 Å². The number of hydrogen-bond donors (Lipinski definition) is 0. The minimum atomic E-state index is -0.290. The zero-order valence-electron chi connectivity index (χ0n) is 61.6. The van der Waals surface area contributed by atoms with Crippen LogP contribution in [0.5, 0.6) is 0 Å². The maximum atomic E-state index is 2.80. The highest BCUT2D eigenvalue weighted by Crippen LogP contribution is 2.58. The molecule has 0 atom stereocenters. The Balaban J connectivity index is 1.14. The molecule has 2 aliphatic heterocycles. The summed E-state index contributed by atoms with van der Waals surface area (Å²) in [6.07, 6.45) is 4.59. The van der Waals surface area contributed by atoms with Gasteiger partial charge in [-0.25, -0.2) is 0 Å². The Hall–Kier alpha value is -7.34. The van der Waals surface area contributed by atoms with Crippen LogP contribution in [0.4, 0.5) is 51.2 Å². The number of rotatable bonds is 5. The second-order valence-electron chi connectivity index (χ2n) is 36.6. The van der Waals surface area contributed by atoms with Crippen LogP contribution < -0.4 is 31.1 Å². The molecule has 0 spiro atoms. The molecule has 0 unspecified atom stereocenters. The largest absolute Gasteiger partial charge is 0.311 e. The number of fused-ring (bicyclic) bond motifs is 11. The van der Waals surface area contributed by atoms with Crippen molar-refractivity contribution in [3.05, 3.63) is 224 Å². The summed E-state index contributed by atoms with van der Waals surface area (Å²) in [5, 5.41) is 2.70. The van der Waals surface area contributed by atoms with Crippen molar-refractivity contribution in [2.45, 2.75) is 234 Å². The number of benzene rings is 9. The van der Waals surface area contributed by atoms with Gasteiger partial charge in [0.05, 0.1) is 5.69 Å². The molecule has 0 saturated carbocycles. The maximum absolute atomic E-state index is 2.80. The van der Waals surface area contributed by atoms with E-state index in [-0.39, 0.29) is 55.4 Å². The lowest BCUT2D eigenvalue weighted by Crippen LogP contribution is -2.62. The van der Waals surface area contributed by atoms with Gasteiger partial charge in [0, 0.05) is 71.1 Å². The maximum Gasteiger partial charge on any atom is 0.252 e. The van der Waals surface area contributed by atoms with Gasteiger partial charge in [-0.05, 0) is 244 Å². The van der Waals surface area contributed by atoms with E-state index in [1.165, 1.54) is 143 Å². The van der Waals surface area contributed by atoms with Crippen LogP contribution >= 0.6 is 11.3 Å². The van der Waals surface area contributed by atoms with Gasteiger partial charge in [0.2, 0.25) is 0 Å². The minimum absolute atomic E-state index is 0.00763. The fourth-order valence-electron chi connectivity index (χ4n) is 17.9. The van der Waals surface area contributed by atoms with Crippen molar-refractivity contribution in [3.8, 4) is 0 Å². The summed E-state index contributed by atoms with van der Waals surface area (Å²) in [5.41, 5.74) is 32.7. The highest BCUT2D eigenvalue weighted by molar-refractivity contribution is 7.26. The van der Waals surface area contributed by atoms with Crippen molar-refractivity contribution in [2.75, 3.05) is 14.7 Å². The molecule has 0 fully saturated rings. The molecule has 0 amide bonds. The zero-order chi connectivity index (χ0) is 67.8. The summed E-state index contributed by atoms with van der Waals surface area (Å²) in [5.74, 6) is 0. The quantitative estimate of drug-likeness (QED) is 0.159. The van der Waals surface area contributed by atoms with Crippen LogP contribution in [0.3, 0.4) is 0 Å². The van der Waals surface area contributed by atoms with Crippen LogP contribution in [0, 0.1) is 13.8 Å². The summed E-state index contributed by atoms with van der Waals surface area (Å²) in [6, 6.07) is 62.3.